The topological polar surface area (TPSA) is 47.9 Å². The molecule has 4 heteroatoms. The largest absolute Gasteiger partial charge is 0.461 e. The molecule has 0 amide bonds. The number of carbonyl (C=O) groups is 1. The van der Waals surface area contributed by atoms with Crippen LogP contribution in [0.3, 0.4) is 0 Å². The van der Waals surface area contributed by atoms with E-state index in [1.165, 1.54) is 0 Å². The van der Waals surface area contributed by atoms with Gasteiger partial charge in [0.15, 0.2) is 5.71 Å². The van der Waals surface area contributed by atoms with Crippen LogP contribution in [0.2, 0.25) is 0 Å². The van der Waals surface area contributed by atoms with Crippen LogP contribution >= 0.6 is 0 Å². The number of ether oxygens (including phenoxy) is 1. The standard InChI is InChI=1S/C15H21NO3/c1-5-18-14(17)13(15(2,3)4)16-19-11-12-9-7-6-8-10-12/h6-10H,5,11H2,1-4H3/b16-13-. The van der Waals surface area contributed by atoms with Crippen molar-refractivity contribution in [1.82, 2.24) is 0 Å². The Morgan fingerprint density at radius 2 is 1.84 bits per heavy atom. The molecular weight excluding hydrogens is 242 g/mol. The lowest BCUT2D eigenvalue weighted by molar-refractivity contribution is -0.135. The minimum absolute atomic E-state index is 0.297. The normalized spacial score (nSPS) is 12.1. The van der Waals surface area contributed by atoms with Gasteiger partial charge in [-0.05, 0) is 12.5 Å². The maximum Gasteiger partial charge on any atom is 0.356 e. The van der Waals surface area contributed by atoms with Gasteiger partial charge in [-0.3, -0.25) is 0 Å². The van der Waals surface area contributed by atoms with Crippen molar-refractivity contribution in [2.24, 2.45) is 10.6 Å². The van der Waals surface area contributed by atoms with E-state index < -0.39 is 11.4 Å². The molecule has 1 rings (SSSR count). The molecule has 0 radical (unpaired) electrons. The zero-order chi connectivity index (χ0) is 14.3. The molecule has 0 saturated carbocycles. The molecule has 0 aliphatic heterocycles. The molecule has 0 aliphatic rings. The van der Waals surface area contributed by atoms with E-state index in [-0.39, 0.29) is 0 Å². The Bertz CT molecular complexity index is 432. The van der Waals surface area contributed by atoms with Crippen molar-refractivity contribution >= 4 is 11.7 Å². The number of carbonyl (C=O) groups excluding carboxylic acids is 1. The molecule has 4 nitrogen and oxygen atoms in total. The Labute approximate surface area is 114 Å². The van der Waals surface area contributed by atoms with Crippen LogP contribution in [-0.2, 0) is 21.0 Å². The molecule has 0 aromatic heterocycles. The molecule has 0 saturated heterocycles. The first kappa shape index (κ1) is 15.2. The van der Waals surface area contributed by atoms with Gasteiger partial charge in [0.25, 0.3) is 0 Å². The predicted molar refractivity (Wildman–Crippen MR) is 74.8 cm³/mol. The molecule has 0 atom stereocenters. The highest BCUT2D eigenvalue weighted by Crippen LogP contribution is 2.18. The minimum Gasteiger partial charge on any atom is -0.461 e. The monoisotopic (exact) mass is 263 g/mol. The van der Waals surface area contributed by atoms with Crippen LogP contribution < -0.4 is 0 Å². The van der Waals surface area contributed by atoms with Gasteiger partial charge in [-0.1, -0.05) is 56.3 Å². The first-order valence-corrected chi connectivity index (χ1v) is 6.36. The van der Waals surface area contributed by atoms with E-state index in [2.05, 4.69) is 5.16 Å². The zero-order valence-electron chi connectivity index (χ0n) is 12.0. The quantitative estimate of drug-likeness (QED) is 0.466. The summed E-state index contributed by atoms with van der Waals surface area (Å²) in [4.78, 5) is 17.1. The fraction of sp³-hybridized carbons (Fsp3) is 0.467. The van der Waals surface area contributed by atoms with Gasteiger partial charge in [0, 0.05) is 5.41 Å². The number of esters is 1. The Morgan fingerprint density at radius 3 is 2.37 bits per heavy atom. The second-order valence-electron chi connectivity index (χ2n) is 5.17. The highest BCUT2D eigenvalue weighted by atomic mass is 16.6. The second-order valence-corrected chi connectivity index (χ2v) is 5.17. The SMILES string of the molecule is CCOC(=O)/C(=N/OCc1ccccc1)C(C)(C)C. The summed E-state index contributed by atoms with van der Waals surface area (Å²) in [7, 11) is 0. The van der Waals surface area contributed by atoms with Crippen molar-refractivity contribution in [3.05, 3.63) is 35.9 Å². The van der Waals surface area contributed by atoms with Crippen LogP contribution in [0, 0.1) is 5.41 Å². The zero-order valence-corrected chi connectivity index (χ0v) is 12.0. The summed E-state index contributed by atoms with van der Waals surface area (Å²) in [5.41, 5.74) is 0.886. The van der Waals surface area contributed by atoms with Crippen LogP contribution in [0.5, 0.6) is 0 Å². The van der Waals surface area contributed by atoms with E-state index in [1.54, 1.807) is 6.92 Å². The highest BCUT2D eigenvalue weighted by molar-refractivity contribution is 6.38. The summed E-state index contributed by atoms with van der Waals surface area (Å²) < 4.78 is 4.98. The molecule has 104 valence electrons. The van der Waals surface area contributed by atoms with Crippen molar-refractivity contribution in [3.63, 3.8) is 0 Å². The first-order valence-electron chi connectivity index (χ1n) is 6.36. The van der Waals surface area contributed by atoms with Gasteiger partial charge in [-0.15, -0.1) is 0 Å². The number of oxime groups is 1. The van der Waals surface area contributed by atoms with Crippen LogP contribution in [0.1, 0.15) is 33.3 Å². The summed E-state index contributed by atoms with van der Waals surface area (Å²) in [5.74, 6) is -0.428. The lowest BCUT2D eigenvalue weighted by Crippen LogP contribution is -2.31. The van der Waals surface area contributed by atoms with Gasteiger partial charge < -0.3 is 9.57 Å². The van der Waals surface area contributed by atoms with Gasteiger partial charge in [-0.25, -0.2) is 4.79 Å². The summed E-state index contributed by atoms with van der Waals surface area (Å²) in [6, 6.07) is 9.68. The number of hydrogen-bond acceptors (Lipinski definition) is 4. The third kappa shape index (κ3) is 5.12. The molecular formula is C15H21NO3. The summed E-state index contributed by atoms with van der Waals surface area (Å²) >= 11 is 0. The molecule has 19 heavy (non-hydrogen) atoms. The maximum absolute atomic E-state index is 11.8. The van der Waals surface area contributed by atoms with Crippen LogP contribution in [0.4, 0.5) is 0 Å². The molecule has 0 heterocycles. The third-order valence-electron chi connectivity index (χ3n) is 2.41. The molecule has 0 N–H and O–H groups in total. The first-order chi connectivity index (χ1) is 8.95. The molecule has 0 unspecified atom stereocenters. The number of nitrogens with zero attached hydrogens (tertiary/aromatic N) is 1. The van der Waals surface area contributed by atoms with E-state index in [4.69, 9.17) is 9.57 Å². The summed E-state index contributed by atoms with van der Waals surface area (Å²) in [5, 5.41) is 3.95. The van der Waals surface area contributed by atoms with Crippen molar-refractivity contribution in [2.45, 2.75) is 34.3 Å². The highest BCUT2D eigenvalue weighted by Gasteiger charge is 2.28. The Kier molecular flexibility index (Phi) is 5.55. The van der Waals surface area contributed by atoms with Gasteiger partial charge >= 0.3 is 5.97 Å². The van der Waals surface area contributed by atoms with Crippen LogP contribution in [-0.4, -0.2) is 18.3 Å². The van der Waals surface area contributed by atoms with E-state index in [9.17, 15) is 4.79 Å². The van der Waals surface area contributed by atoms with E-state index >= 15 is 0 Å². The Balaban J connectivity index is 2.70. The van der Waals surface area contributed by atoms with E-state index in [0.29, 0.717) is 18.9 Å². The molecule has 0 fully saturated rings. The lowest BCUT2D eigenvalue weighted by atomic mass is 9.90. The van der Waals surface area contributed by atoms with Crippen molar-refractivity contribution < 1.29 is 14.4 Å². The summed E-state index contributed by atoms with van der Waals surface area (Å²) in [6.07, 6.45) is 0. The molecule has 0 spiro atoms. The van der Waals surface area contributed by atoms with Gasteiger partial charge in [0.1, 0.15) is 6.61 Å². The van der Waals surface area contributed by atoms with Crippen LogP contribution in [0.25, 0.3) is 0 Å². The fourth-order valence-electron chi connectivity index (χ4n) is 1.43. The second kappa shape index (κ2) is 6.92. The predicted octanol–water partition coefficient (Wildman–Crippen LogP) is 3.17. The van der Waals surface area contributed by atoms with E-state index in [1.807, 2.05) is 51.1 Å². The smallest absolute Gasteiger partial charge is 0.356 e. The molecule has 0 bridgehead atoms. The van der Waals surface area contributed by atoms with Gasteiger partial charge in [0.05, 0.1) is 6.61 Å². The average molecular weight is 263 g/mol. The van der Waals surface area contributed by atoms with E-state index in [0.717, 1.165) is 5.56 Å². The minimum atomic E-state index is -0.428. The Morgan fingerprint density at radius 1 is 1.21 bits per heavy atom. The summed E-state index contributed by atoms with van der Waals surface area (Å²) in [6.45, 7) is 8.12. The molecule has 0 aliphatic carbocycles. The fourth-order valence-corrected chi connectivity index (χ4v) is 1.43. The van der Waals surface area contributed by atoms with Crippen molar-refractivity contribution in [3.8, 4) is 0 Å². The number of benzene rings is 1. The van der Waals surface area contributed by atoms with Gasteiger partial charge in [0.2, 0.25) is 0 Å². The lowest BCUT2D eigenvalue weighted by Gasteiger charge is -2.18. The van der Waals surface area contributed by atoms with Crippen molar-refractivity contribution in [1.29, 1.82) is 0 Å². The average Bonchev–Trinajstić information content (AvgIpc) is 2.34. The van der Waals surface area contributed by atoms with Crippen molar-refractivity contribution in [2.75, 3.05) is 6.61 Å². The Hall–Kier alpha value is -1.84. The van der Waals surface area contributed by atoms with Crippen LogP contribution in [0.15, 0.2) is 35.5 Å². The van der Waals surface area contributed by atoms with Gasteiger partial charge in [-0.2, -0.15) is 0 Å². The number of hydrogen-bond donors (Lipinski definition) is 0. The third-order valence-corrected chi connectivity index (χ3v) is 2.41. The maximum atomic E-state index is 11.8. The molecule has 1 aromatic rings. The molecule has 1 aromatic carbocycles. The number of rotatable bonds is 5.